The lowest BCUT2D eigenvalue weighted by molar-refractivity contribution is 0.303. The lowest BCUT2D eigenvalue weighted by Crippen LogP contribution is -2.18. The van der Waals surface area contributed by atoms with E-state index in [2.05, 4.69) is 11.1 Å². The summed E-state index contributed by atoms with van der Waals surface area (Å²) < 4.78 is 32.0. The Labute approximate surface area is 146 Å². The first-order chi connectivity index (χ1) is 11.5. The van der Waals surface area contributed by atoms with Crippen molar-refractivity contribution in [2.45, 2.75) is 71.1 Å². The largest absolute Gasteiger partial charge is 0.493 e. The average molecular weight is 358 g/mol. The molecule has 0 aliphatic heterocycles. The Balaban J connectivity index is 2.06. The highest BCUT2D eigenvalue weighted by Crippen LogP contribution is 2.20. The Bertz CT molecular complexity index is 546. The van der Waals surface area contributed by atoms with Crippen molar-refractivity contribution in [1.82, 2.24) is 0 Å². The second-order valence-electron chi connectivity index (χ2n) is 6.08. The summed E-state index contributed by atoms with van der Waals surface area (Å²) in [5, 5.41) is 4.84. The standard InChI is InChI=1S/C18H31NO4S/c1-2-3-4-5-6-7-8-9-10-11-15-22-17-13-12-14-18(16-17)23-24(19,20)21/h12-14,16H,2-11,15H2,1H3,(H2,19,20,21). The van der Waals surface area contributed by atoms with Gasteiger partial charge in [-0.15, -0.1) is 0 Å². The van der Waals surface area contributed by atoms with Gasteiger partial charge < -0.3 is 8.92 Å². The number of rotatable bonds is 14. The molecule has 0 saturated carbocycles. The van der Waals surface area contributed by atoms with Crippen LogP contribution in [0.2, 0.25) is 0 Å². The summed E-state index contributed by atoms with van der Waals surface area (Å²) in [5.74, 6) is 0.755. The van der Waals surface area contributed by atoms with Crippen LogP contribution in [0.3, 0.4) is 0 Å². The lowest BCUT2D eigenvalue weighted by atomic mass is 10.1. The molecule has 2 N–H and O–H groups in total. The molecule has 0 aliphatic rings. The van der Waals surface area contributed by atoms with E-state index < -0.39 is 10.3 Å². The van der Waals surface area contributed by atoms with Crippen molar-refractivity contribution in [3.05, 3.63) is 24.3 Å². The molecule has 0 aliphatic carbocycles. The molecule has 0 atom stereocenters. The molecule has 0 unspecified atom stereocenters. The van der Waals surface area contributed by atoms with Crippen molar-refractivity contribution < 1.29 is 17.3 Å². The van der Waals surface area contributed by atoms with E-state index in [-0.39, 0.29) is 5.75 Å². The van der Waals surface area contributed by atoms with E-state index in [1.165, 1.54) is 63.5 Å². The summed E-state index contributed by atoms with van der Waals surface area (Å²) in [6, 6.07) is 6.50. The molecule has 6 heteroatoms. The zero-order chi connectivity index (χ0) is 17.7. The van der Waals surface area contributed by atoms with Crippen LogP contribution >= 0.6 is 0 Å². The molecular weight excluding hydrogens is 326 g/mol. The number of hydrogen-bond donors (Lipinski definition) is 1. The van der Waals surface area contributed by atoms with Crippen molar-refractivity contribution in [2.75, 3.05) is 6.61 Å². The van der Waals surface area contributed by atoms with Gasteiger partial charge in [0.15, 0.2) is 0 Å². The van der Waals surface area contributed by atoms with Crippen molar-refractivity contribution in [3.8, 4) is 11.5 Å². The van der Waals surface area contributed by atoms with E-state index in [1.807, 2.05) is 0 Å². The number of unbranched alkanes of at least 4 members (excludes halogenated alkanes) is 9. The Morgan fingerprint density at radius 1 is 0.875 bits per heavy atom. The van der Waals surface area contributed by atoms with Gasteiger partial charge in [-0.2, -0.15) is 13.6 Å². The van der Waals surface area contributed by atoms with E-state index >= 15 is 0 Å². The summed E-state index contributed by atoms with van der Waals surface area (Å²) >= 11 is 0. The smallest absolute Gasteiger partial charge is 0.380 e. The zero-order valence-electron chi connectivity index (χ0n) is 14.7. The van der Waals surface area contributed by atoms with Crippen molar-refractivity contribution >= 4 is 10.3 Å². The molecule has 24 heavy (non-hydrogen) atoms. The first-order valence-electron chi connectivity index (χ1n) is 8.96. The first-order valence-corrected chi connectivity index (χ1v) is 10.4. The fourth-order valence-electron chi connectivity index (χ4n) is 2.53. The predicted molar refractivity (Wildman–Crippen MR) is 97.5 cm³/mol. The van der Waals surface area contributed by atoms with E-state index in [9.17, 15) is 8.42 Å². The van der Waals surface area contributed by atoms with E-state index in [0.29, 0.717) is 12.4 Å². The Hall–Kier alpha value is -1.27. The van der Waals surface area contributed by atoms with Crippen LogP contribution < -0.4 is 14.1 Å². The molecule has 0 saturated heterocycles. The van der Waals surface area contributed by atoms with Crippen LogP contribution in [-0.2, 0) is 10.3 Å². The quantitative estimate of drug-likeness (QED) is 0.495. The first kappa shape index (κ1) is 20.8. The number of hydrogen-bond acceptors (Lipinski definition) is 4. The minimum Gasteiger partial charge on any atom is -0.493 e. The second kappa shape index (κ2) is 12.1. The zero-order valence-corrected chi connectivity index (χ0v) is 15.5. The molecule has 0 bridgehead atoms. The molecule has 1 rings (SSSR count). The van der Waals surface area contributed by atoms with Gasteiger partial charge in [-0.25, -0.2) is 0 Å². The van der Waals surface area contributed by atoms with Gasteiger partial charge in [0.05, 0.1) is 6.61 Å². The van der Waals surface area contributed by atoms with Gasteiger partial charge >= 0.3 is 10.3 Å². The van der Waals surface area contributed by atoms with Crippen molar-refractivity contribution in [1.29, 1.82) is 0 Å². The van der Waals surface area contributed by atoms with Crippen LogP contribution in [0.5, 0.6) is 11.5 Å². The van der Waals surface area contributed by atoms with Crippen LogP contribution in [0.15, 0.2) is 24.3 Å². The highest BCUT2D eigenvalue weighted by molar-refractivity contribution is 7.84. The van der Waals surface area contributed by atoms with Gasteiger partial charge in [0.2, 0.25) is 0 Å². The topological polar surface area (TPSA) is 78.6 Å². The maximum absolute atomic E-state index is 10.9. The third-order valence-electron chi connectivity index (χ3n) is 3.78. The molecule has 0 aromatic heterocycles. The molecule has 5 nitrogen and oxygen atoms in total. The van der Waals surface area contributed by atoms with Gasteiger partial charge in [-0.3, -0.25) is 0 Å². The highest BCUT2D eigenvalue weighted by Gasteiger charge is 2.05. The summed E-state index contributed by atoms with van der Waals surface area (Å²) in [6.07, 6.45) is 12.8. The molecule has 0 amide bonds. The van der Waals surface area contributed by atoms with Gasteiger partial charge in [-0.05, 0) is 18.6 Å². The molecule has 0 heterocycles. The van der Waals surface area contributed by atoms with Crippen LogP contribution in [0.4, 0.5) is 0 Å². The number of ether oxygens (including phenoxy) is 1. The van der Waals surface area contributed by atoms with Crippen molar-refractivity contribution in [2.24, 2.45) is 5.14 Å². The third kappa shape index (κ3) is 11.3. The number of nitrogens with two attached hydrogens (primary N) is 1. The van der Waals surface area contributed by atoms with Gasteiger partial charge in [-0.1, -0.05) is 70.8 Å². The van der Waals surface area contributed by atoms with Crippen LogP contribution in [-0.4, -0.2) is 15.0 Å². The van der Waals surface area contributed by atoms with Gasteiger partial charge in [0.1, 0.15) is 11.5 Å². The SMILES string of the molecule is CCCCCCCCCCCCOc1cccc(OS(N)(=O)=O)c1. The van der Waals surface area contributed by atoms with E-state index in [1.54, 1.807) is 12.1 Å². The number of benzene rings is 1. The third-order valence-corrected chi connectivity index (χ3v) is 4.21. The Kier molecular flexibility index (Phi) is 10.5. The monoisotopic (exact) mass is 357 g/mol. The van der Waals surface area contributed by atoms with Crippen LogP contribution in [0.1, 0.15) is 71.1 Å². The van der Waals surface area contributed by atoms with E-state index in [4.69, 9.17) is 9.88 Å². The summed E-state index contributed by atoms with van der Waals surface area (Å²) in [7, 11) is -4.00. The fourth-order valence-corrected chi connectivity index (χ4v) is 2.90. The van der Waals surface area contributed by atoms with E-state index in [0.717, 1.165) is 12.8 Å². The highest BCUT2D eigenvalue weighted by atomic mass is 32.2. The normalized spacial score (nSPS) is 11.4. The Morgan fingerprint density at radius 3 is 2.00 bits per heavy atom. The molecule has 1 aromatic rings. The molecule has 0 radical (unpaired) electrons. The molecule has 138 valence electrons. The molecule has 1 aromatic carbocycles. The average Bonchev–Trinajstić information content (AvgIpc) is 2.51. The maximum Gasteiger partial charge on any atom is 0.380 e. The predicted octanol–water partition coefficient (Wildman–Crippen LogP) is 4.57. The Morgan fingerprint density at radius 2 is 1.42 bits per heavy atom. The van der Waals surface area contributed by atoms with Crippen LogP contribution in [0, 0.1) is 0 Å². The minimum absolute atomic E-state index is 0.165. The lowest BCUT2D eigenvalue weighted by Gasteiger charge is -2.08. The molecule has 0 fully saturated rings. The van der Waals surface area contributed by atoms with Gasteiger partial charge in [0.25, 0.3) is 0 Å². The van der Waals surface area contributed by atoms with Crippen molar-refractivity contribution in [3.63, 3.8) is 0 Å². The van der Waals surface area contributed by atoms with Gasteiger partial charge in [0, 0.05) is 6.07 Å². The summed E-state index contributed by atoms with van der Waals surface area (Å²) in [4.78, 5) is 0. The molecular formula is C18H31NO4S. The fraction of sp³-hybridized carbons (Fsp3) is 0.667. The van der Waals surface area contributed by atoms with Crippen LogP contribution in [0.25, 0.3) is 0 Å². The minimum atomic E-state index is -4.00. The second-order valence-corrected chi connectivity index (χ2v) is 7.23. The summed E-state index contributed by atoms with van der Waals surface area (Å²) in [5.41, 5.74) is 0. The maximum atomic E-state index is 10.9. The molecule has 0 spiro atoms. The summed E-state index contributed by atoms with van der Waals surface area (Å²) in [6.45, 7) is 2.86.